The van der Waals surface area contributed by atoms with E-state index < -0.39 is 0 Å². The van der Waals surface area contributed by atoms with E-state index in [1.165, 1.54) is 11.8 Å². The number of methoxy groups -OCH3 is 1. The Morgan fingerprint density at radius 3 is 2.59 bits per heavy atom. The van der Waals surface area contributed by atoms with E-state index in [2.05, 4.69) is 0 Å². The smallest absolute Gasteiger partial charge is 0.266 e. The van der Waals surface area contributed by atoms with Gasteiger partial charge in [0.15, 0.2) is 11.5 Å². The molecule has 1 aliphatic rings. The van der Waals surface area contributed by atoms with Gasteiger partial charge < -0.3 is 9.47 Å². The second-order valence-electron chi connectivity index (χ2n) is 5.95. The van der Waals surface area contributed by atoms with E-state index >= 15 is 0 Å². The van der Waals surface area contributed by atoms with Crippen LogP contribution in [0, 0.1) is 0 Å². The highest BCUT2D eigenvalue weighted by molar-refractivity contribution is 8.26. The quantitative estimate of drug-likeness (QED) is 0.502. The minimum Gasteiger partial charge on any atom is -0.493 e. The van der Waals surface area contributed by atoms with Gasteiger partial charge in [-0.3, -0.25) is 9.69 Å². The molecule has 0 aliphatic carbocycles. The van der Waals surface area contributed by atoms with E-state index in [1.807, 2.05) is 68.5 Å². The lowest BCUT2D eigenvalue weighted by atomic mass is 10.1. The zero-order valence-corrected chi connectivity index (χ0v) is 17.1. The molecule has 2 aromatic rings. The highest BCUT2D eigenvalue weighted by Gasteiger charge is 2.36. The van der Waals surface area contributed by atoms with Gasteiger partial charge in [0.25, 0.3) is 5.91 Å². The molecule has 0 radical (unpaired) electrons. The van der Waals surface area contributed by atoms with Gasteiger partial charge >= 0.3 is 0 Å². The number of benzene rings is 2. The van der Waals surface area contributed by atoms with Crippen molar-refractivity contribution in [1.29, 1.82) is 0 Å². The number of thioether (sulfide) groups is 1. The Kier molecular flexibility index (Phi) is 6.19. The molecule has 0 bridgehead atoms. The van der Waals surface area contributed by atoms with Gasteiger partial charge in [0.2, 0.25) is 0 Å². The summed E-state index contributed by atoms with van der Waals surface area (Å²) < 4.78 is 11.7. The van der Waals surface area contributed by atoms with Crippen molar-refractivity contribution < 1.29 is 14.3 Å². The first-order valence-corrected chi connectivity index (χ1v) is 9.91. The summed E-state index contributed by atoms with van der Waals surface area (Å²) in [5.74, 6) is 1.18. The molecule has 2 aromatic carbocycles. The van der Waals surface area contributed by atoms with Gasteiger partial charge in [-0.15, -0.1) is 0 Å². The molecule has 27 heavy (non-hydrogen) atoms. The predicted molar refractivity (Wildman–Crippen MR) is 114 cm³/mol. The van der Waals surface area contributed by atoms with E-state index in [0.29, 0.717) is 27.3 Å². The van der Waals surface area contributed by atoms with Crippen LogP contribution in [0.5, 0.6) is 11.5 Å². The number of hydrogen-bond acceptors (Lipinski definition) is 5. The average Bonchev–Trinajstić information content (AvgIpc) is 2.96. The third-order valence-corrected chi connectivity index (χ3v) is 5.63. The number of rotatable bonds is 6. The minimum atomic E-state index is -0.124. The number of ether oxygens (including phenoxy) is 2. The summed E-state index contributed by atoms with van der Waals surface area (Å²) in [4.78, 5) is 15.3. The summed E-state index contributed by atoms with van der Waals surface area (Å²) in [5.41, 5.74) is 1.84. The number of carbonyl (C=O) groups is 1. The minimum absolute atomic E-state index is 0.0911. The Balaban J connectivity index is 1.93. The number of thiocarbonyl (C=S) groups is 1. The molecule has 3 rings (SSSR count). The lowest BCUT2D eigenvalue weighted by Crippen LogP contribution is -2.30. The van der Waals surface area contributed by atoms with E-state index in [4.69, 9.17) is 21.7 Å². The van der Waals surface area contributed by atoms with Crippen LogP contribution < -0.4 is 9.47 Å². The van der Waals surface area contributed by atoms with Crippen LogP contribution in [0.25, 0.3) is 6.08 Å². The van der Waals surface area contributed by atoms with Gasteiger partial charge in [-0.2, -0.15) is 0 Å². The van der Waals surface area contributed by atoms with Crippen molar-refractivity contribution in [3.8, 4) is 11.5 Å². The Morgan fingerprint density at radius 2 is 1.93 bits per heavy atom. The fraction of sp³-hybridized carbons (Fsp3) is 0.238. The van der Waals surface area contributed by atoms with Crippen LogP contribution in [0.4, 0.5) is 0 Å². The molecule has 1 fully saturated rings. The summed E-state index contributed by atoms with van der Waals surface area (Å²) in [6, 6.07) is 15.4. The van der Waals surface area contributed by atoms with Crippen molar-refractivity contribution in [3.05, 3.63) is 64.6 Å². The molecule has 1 atom stereocenters. The van der Waals surface area contributed by atoms with Crippen LogP contribution in [0.15, 0.2) is 53.4 Å². The molecule has 1 aliphatic heterocycles. The molecule has 0 N–H and O–H groups in total. The lowest BCUT2D eigenvalue weighted by Gasteiger charge is -2.23. The topological polar surface area (TPSA) is 38.8 Å². The third-order valence-electron chi connectivity index (χ3n) is 4.30. The van der Waals surface area contributed by atoms with Crippen LogP contribution in [-0.4, -0.2) is 28.8 Å². The molecular formula is C21H21NO3S2. The molecule has 4 nitrogen and oxygen atoms in total. The summed E-state index contributed by atoms with van der Waals surface area (Å²) in [7, 11) is 1.60. The lowest BCUT2D eigenvalue weighted by molar-refractivity contribution is -0.123. The second kappa shape index (κ2) is 8.59. The van der Waals surface area contributed by atoms with Crippen LogP contribution in [0.1, 0.15) is 31.0 Å². The summed E-state index contributed by atoms with van der Waals surface area (Å²) in [6.07, 6.45) is 1.82. The Bertz CT molecular complexity index is 880. The van der Waals surface area contributed by atoms with E-state index in [9.17, 15) is 4.79 Å². The van der Waals surface area contributed by atoms with Crippen molar-refractivity contribution in [2.24, 2.45) is 0 Å². The molecule has 1 saturated heterocycles. The SMILES string of the molecule is CCOc1c(/C=C2/SC(=S)N(C(C)c3ccccc3)C2=O)cccc1OC. The van der Waals surface area contributed by atoms with E-state index in [0.717, 1.165) is 11.1 Å². The molecule has 0 spiro atoms. The first-order valence-electron chi connectivity index (χ1n) is 8.68. The molecule has 1 unspecified atom stereocenters. The van der Waals surface area contributed by atoms with Crippen molar-refractivity contribution in [2.75, 3.05) is 13.7 Å². The summed E-state index contributed by atoms with van der Waals surface area (Å²) >= 11 is 6.80. The number of amides is 1. The molecule has 6 heteroatoms. The highest BCUT2D eigenvalue weighted by atomic mass is 32.2. The zero-order valence-electron chi connectivity index (χ0n) is 15.5. The van der Waals surface area contributed by atoms with E-state index in [1.54, 1.807) is 12.0 Å². The fourth-order valence-corrected chi connectivity index (χ4v) is 4.35. The molecule has 1 heterocycles. The number of para-hydroxylation sites is 1. The van der Waals surface area contributed by atoms with Gasteiger partial charge in [0, 0.05) is 5.56 Å². The third kappa shape index (κ3) is 4.01. The van der Waals surface area contributed by atoms with Crippen LogP contribution in [-0.2, 0) is 4.79 Å². The molecule has 140 valence electrons. The van der Waals surface area contributed by atoms with Crippen molar-refractivity contribution >= 4 is 40.3 Å². The molecule has 1 amide bonds. The number of nitrogens with zero attached hydrogens (tertiary/aromatic N) is 1. The van der Waals surface area contributed by atoms with Crippen molar-refractivity contribution in [1.82, 2.24) is 4.90 Å². The Labute approximate surface area is 169 Å². The van der Waals surface area contributed by atoms with Gasteiger partial charge in [0.1, 0.15) is 4.32 Å². The highest BCUT2D eigenvalue weighted by Crippen LogP contribution is 2.40. The standard InChI is InChI=1S/C21H21NO3S2/c1-4-25-19-16(11-8-12-17(19)24-3)13-18-20(23)22(21(26)27-18)14(2)15-9-6-5-7-10-15/h5-14H,4H2,1-3H3/b18-13+. The molecule has 0 aromatic heterocycles. The van der Waals surface area contributed by atoms with Crippen molar-refractivity contribution in [2.45, 2.75) is 19.9 Å². The largest absolute Gasteiger partial charge is 0.493 e. The molecular weight excluding hydrogens is 378 g/mol. The van der Waals surface area contributed by atoms with Crippen LogP contribution in [0.3, 0.4) is 0 Å². The van der Waals surface area contributed by atoms with Gasteiger partial charge in [-0.05, 0) is 31.6 Å². The first-order chi connectivity index (χ1) is 13.1. The van der Waals surface area contributed by atoms with Gasteiger partial charge in [-0.1, -0.05) is 66.4 Å². The Morgan fingerprint density at radius 1 is 1.19 bits per heavy atom. The first kappa shape index (κ1) is 19.5. The fourth-order valence-electron chi connectivity index (χ4n) is 2.94. The summed E-state index contributed by atoms with van der Waals surface area (Å²) in [5, 5.41) is 0. The summed E-state index contributed by atoms with van der Waals surface area (Å²) in [6.45, 7) is 4.41. The van der Waals surface area contributed by atoms with Crippen LogP contribution in [0.2, 0.25) is 0 Å². The zero-order chi connectivity index (χ0) is 19.4. The second-order valence-corrected chi connectivity index (χ2v) is 7.63. The number of carbonyl (C=O) groups excluding carboxylic acids is 1. The monoisotopic (exact) mass is 399 g/mol. The van der Waals surface area contributed by atoms with Gasteiger partial charge in [0.05, 0.1) is 24.7 Å². The maximum Gasteiger partial charge on any atom is 0.266 e. The number of hydrogen-bond donors (Lipinski definition) is 0. The predicted octanol–water partition coefficient (Wildman–Crippen LogP) is 5.06. The molecule has 0 saturated carbocycles. The average molecular weight is 400 g/mol. The van der Waals surface area contributed by atoms with Crippen LogP contribution >= 0.6 is 24.0 Å². The van der Waals surface area contributed by atoms with Gasteiger partial charge in [-0.25, -0.2) is 0 Å². The maximum atomic E-state index is 13.0. The van der Waals surface area contributed by atoms with Crippen molar-refractivity contribution in [3.63, 3.8) is 0 Å². The van der Waals surface area contributed by atoms with E-state index in [-0.39, 0.29) is 11.9 Å². The maximum absolute atomic E-state index is 13.0. The normalized spacial score (nSPS) is 16.7. The Hall–Kier alpha value is -2.31.